The molecule has 0 aliphatic rings. The van der Waals surface area contributed by atoms with Crippen molar-refractivity contribution in [3.05, 3.63) is 29.3 Å². The van der Waals surface area contributed by atoms with Gasteiger partial charge < -0.3 is 10.5 Å². The molecule has 1 unspecified atom stereocenters. The lowest BCUT2D eigenvalue weighted by Gasteiger charge is -2.15. The van der Waals surface area contributed by atoms with Gasteiger partial charge in [0.05, 0.1) is 7.11 Å². The predicted molar refractivity (Wildman–Crippen MR) is 55.0 cm³/mol. The molecule has 0 amide bonds. The molecule has 0 saturated carbocycles. The molecule has 0 saturated heterocycles. The van der Waals surface area contributed by atoms with Crippen molar-refractivity contribution in [1.29, 1.82) is 0 Å². The maximum absolute atomic E-state index is 13.0. The summed E-state index contributed by atoms with van der Waals surface area (Å²) < 4.78 is 31.0. The van der Waals surface area contributed by atoms with E-state index in [1.54, 1.807) is 0 Å². The highest BCUT2D eigenvalue weighted by Gasteiger charge is 2.15. The Morgan fingerprint density at radius 3 is 2.47 bits per heavy atom. The first-order chi connectivity index (χ1) is 7.10. The van der Waals surface area contributed by atoms with Gasteiger partial charge in [-0.05, 0) is 24.9 Å². The first kappa shape index (κ1) is 11.9. The van der Waals surface area contributed by atoms with Crippen LogP contribution in [0, 0.1) is 11.6 Å². The molecular weight excluding hydrogens is 200 g/mol. The maximum atomic E-state index is 13.0. The summed E-state index contributed by atoms with van der Waals surface area (Å²) in [5.74, 6) is -1.32. The number of benzene rings is 1. The van der Waals surface area contributed by atoms with Gasteiger partial charge in [-0.2, -0.15) is 0 Å². The molecule has 0 bridgehead atoms. The summed E-state index contributed by atoms with van der Waals surface area (Å²) in [5.41, 5.74) is 6.07. The number of halogens is 2. The van der Waals surface area contributed by atoms with Crippen LogP contribution in [0.15, 0.2) is 12.1 Å². The molecule has 0 aliphatic heterocycles. The molecule has 1 aromatic carbocycles. The fraction of sp³-hybridized carbons (Fsp3) is 0.455. The molecule has 2 N–H and O–H groups in total. The molecule has 1 rings (SSSR count). The number of ether oxygens (including phenoxy) is 1. The van der Waals surface area contributed by atoms with Crippen molar-refractivity contribution in [3.8, 4) is 5.75 Å². The standard InChI is InChI=1S/C11H15F2NO/c1-7(3-4-14)8-5-9(12)10(13)6-11(8)15-2/h5-7H,3-4,14H2,1-2H3. The first-order valence-corrected chi connectivity index (χ1v) is 4.83. The normalized spacial score (nSPS) is 12.6. The number of hydrogen-bond donors (Lipinski definition) is 1. The van der Waals surface area contributed by atoms with Gasteiger partial charge in [-0.25, -0.2) is 8.78 Å². The average Bonchev–Trinajstić information content (AvgIpc) is 2.21. The molecule has 15 heavy (non-hydrogen) atoms. The van der Waals surface area contributed by atoms with Gasteiger partial charge in [0, 0.05) is 11.6 Å². The van der Waals surface area contributed by atoms with E-state index in [1.165, 1.54) is 13.2 Å². The monoisotopic (exact) mass is 215 g/mol. The summed E-state index contributed by atoms with van der Waals surface area (Å²) in [4.78, 5) is 0. The zero-order valence-electron chi connectivity index (χ0n) is 8.89. The minimum Gasteiger partial charge on any atom is -0.496 e. The van der Waals surface area contributed by atoms with Gasteiger partial charge in [0.1, 0.15) is 5.75 Å². The average molecular weight is 215 g/mol. The van der Waals surface area contributed by atoms with Crippen LogP contribution in [0.1, 0.15) is 24.8 Å². The number of rotatable bonds is 4. The predicted octanol–water partition coefficient (Wildman–Crippen LogP) is 2.43. The van der Waals surface area contributed by atoms with Crippen LogP contribution < -0.4 is 10.5 Å². The highest BCUT2D eigenvalue weighted by molar-refractivity contribution is 5.37. The largest absolute Gasteiger partial charge is 0.496 e. The Labute approximate surface area is 88.0 Å². The van der Waals surface area contributed by atoms with Crippen LogP contribution in [0.3, 0.4) is 0 Å². The van der Waals surface area contributed by atoms with Crippen molar-refractivity contribution in [1.82, 2.24) is 0 Å². The Kier molecular flexibility index (Phi) is 4.03. The molecule has 0 aromatic heterocycles. The highest BCUT2D eigenvalue weighted by Crippen LogP contribution is 2.30. The summed E-state index contributed by atoms with van der Waals surface area (Å²) in [6.45, 7) is 2.41. The number of hydrogen-bond acceptors (Lipinski definition) is 2. The van der Waals surface area contributed by atoms with Gasteiger partial charge >= 0.3 is 0 Å². The van der Waals surface area contributed by atoms with Crippen molar-refractivity contribution in [2.45, 2.75) is 19.3 Å². The van der Waals surface area contributed by atoms with Crippen LogP contribution >= 0.6 is 0 Å². The lowest BCUT2D eigenvalue weighted by molar-refractivity contribution is 0.396. The van der Waals surface area contributed by atoms with E-state index in [4.69, 9.17) is 10.5 Å². The van der Waals surface area contributed by atoms with Gasteiger partial charge in [-0.15, -0.1) is 0 Å². The van der Waals surface area contributed by atoms with E-state index in [1.807, 2.05) is 6.92 Å². The van der Waals surface area contributed by atoms with E-state index in [-0.39, 0.29) is 5.92 Å². The van der Waals surface area contributed by atoms with Crippen molar-refractivity contribution in [3.63, 3.8) is 0 Å². The molecule has 0 fully saturated rings. The van der Waals surface area contributed by atoms with E-state index >= 15 is 0 Å². The van der Waals surface area contributed by atoms with Gasteiger partial charge in [-0.1, -0.05) is 6.92 Å². The summed E-state index contributed by atoms with van der Waals surface area (Å²) in [6.07, 6.45) is 0.710. The molecule has 0 heterocycles. The minimum atomic E-state index is -0.893. The molecule has 1 atom stereocenters. The Balaban J connectivity index is 3.09. The molecule has 0 radical (unpaired) electrons. The second-order valence-corrected chi connectivity index (χ2v) is 3.49. The third-order valence-electron chi connectivity index (χ3n) is 2.40. The maximum Gasteiger partial charge on any atom is 0.162 e. The van der Waals surface area contributed by atoms with Gasteiger partial charge in [0.2, 0.25) is 0 Å². The Morgan fingerprint density at radius 1 is 1.33 bits per heavy atom. The SMILES string of the molecule is COc1cc(F)c(F)cc1C(C)CCN. The zero-order chi connectivity index (χ0) is 11.4. The van der Waals surface area contributed by atoms with Crippen molar-refractivity contribution in [2.75, 3.05) is 13.7 Å². The van der Waals surface area contributed by atoms with Crippen LogP contribution in [-0.2, 0) is 0 Å². The van der Waals surface area contributed by atoms with Gasteiger partial charge in [0.15, 0.2) is 11.6 Å². The lowest BCUT2D eigenvalue weighted by Crippen LogP contribution is -2.06. The Hall–Kier alpha value is -1.16. The van der Waals surface area contributed by atoms with E-state index in [9.17, 15) is 8.78 Å². The van der Waals surface area contributed by atoms with Crippen molar-refractivity contribution in [2.24, 2.45) is 5.73 Å². The second-order valence-electron chi connectivity index (χ2n) is 3.49. The number of methoxy groups -OCH3 is 1. The zero-order valence-corrected chi connectivity index (χ0v) is 8.89. The summed E-state index contributed by atoms with van der Waals surface area (Å²) >= 11 is 0. The smallest absolute Gasteiger partial charge is 0.162 e. The molecule has 1 aromatic rings. The van der Waals surface area contributed by atoms with E-state index in [2.05, 4.69) is 0 Å². The Morgan fingerprint density at radius 2 is 1.93 bits per heavy atom. The molecule has 2 nitrogen and oxygen atoms in total. The molecule has 84 valence electrons. The van der Waals surface area contributed by atoms with Crippen LogP contribution in [0.25, 0.3) is 0 Å². The third kappa shape index (κ3) is 2.65. The highest BCUT2D eigenvalue weighted by atomic mass is 19.2. The van der Waals surface area contributed by atoms with Crippen LogP contribution in [0.5, 0.6) is 5.75 Å². The van der Waals surface area contributed by atoms with Crippen LogP contribution in [0.4, 0.5) is 8.78 Å². The second kappa shape index (κ2) is 5.07. The summed E-state index contributed by atoms with van der Waals surface area (Å²) in [7, 11) is 1.44. The summed E-state index contributed by atoms with van der Waals surface area (Å²) in [5, 5.41) is 0. The molecular formula is C11H15F2NO. The minimum absolute atomic E-state index is 0.0556. The third-order valence-corrected chi connectivity index (χ3v) is 2.40. The summed E-state index contributed by atoms with van der Waals surface area (Å²) in [6, 6.07) is 2.24. The van der Waals surface area contributed by atoms with E-state index in [0.717, 1.165) is 6.07 Å². The first-order valence-electron chi connectivity index (χ1n) is 4.83. The molecule has 0 aliphatic carbocycles. The topological polar surface area (TPSA) is 35.2 Å². The fourth-order valence-electron chi connectivity index (χ4n) is 1.51. The van der Waals surface area contributed by atoms with Crippen LogP contribution in [-0.4, -0.2) is 13.7 Å². The van der Waals surface area contributed by atoms with Gasteiger partial charge in [0.25, 0.3) is 0 Å². The van der Waals surface area contributed by atoms with E-state index < -0.39 is 11.6 Å². The number of nitrogens with two attached hydrogens (primary N) is 1. The fourth-order valence-corrected chi connectivity index (χ4v) is 1.51. The van der Waals surface area contributed by atoms with Crippen molar-refractivity contribution >= 4 is 0 Å². The Bertz CT molecular complexity index is 342. The van der Waals surface area contributed by atoms with Crippen LogP contribution in [0.2, 0.25) is 0 Å². The lowest BCUT2D eigenvalue weighted by atomic mass is 9.96. The molecule has 4 heteroatoms. The quantitative estimate of drug-likeness (QED) is 0.837. The van der Waals surface area contributed by atoms with E-state index in [0.29, 0.717) is 24.3 Å². The van der Waals surface area contributed by atoms with Gasteiger partial charge in [-0.3, -0.25) is 0 Å². The van der Waals surface area contributed by atoms with Crippen molar-refractivity contribution < 1.29 is 13.5 Å². The molecule has 0 spiro atoms.